The number of nitrogens with zero attached hydrogens (tertiary/aromatic N) is 2. The second-order valence-electron chi connectivity index (χ2n) is 6.31. The van der Waals surface area contributed by atoms with E-state index in [0.29, 0.717) is 23.6 Å². The van der Waals surface area contributed by atoms with Crippen LogP contribution >= 0.6 is 22.7 Å². The van der Waals surface area contributed by atoms with Gasteiger partial charge in [0.1, 0.15) is 10.5 Å². The van der Waals surface area contributed by atoms with E-state index in [1.807, 2.05) is 29.0 Å². The van der Waals surface area contributed by atoms with Gasteiger partial charge in [0.25, 0.3) is 5.91 Å². The average Bonchev–Trinajstić information content (AvgIpc) is 3.07. The van der Waals surface area contributed by atoms with Gasteiger partial charge >= 0.3 is 0 Å². The van der Waals surface area contributed by atoms with Crippen LogP contribution in [0.4, 0.5) is 0 Å². The Labute approximate surface area is 157 Å². The Bertz CT molecular complexity index is 1080. The van der Waals surface area contributed by atoms with Crippen molar-refractivity contribution in [2.45, 2.75) is 25.3 Å². The van der Waals surface area contributed by atoms with Crippen LogP contribution in [0.1, 0.15) is 40.7 Å². The zero-order valence-electron chi connectivity index (χ0n) is 13.8. The molecule has 1 fully saturated rings. The fourth-order valence-corrected chi connectivity index (χ4v) is 4.40. The van der Waals surface area contributed by atoms with Gasteiger partial charge in [-0.1, -0.05) is 6.07 Å². The summed E-state index contributed by atoms with van der Waals surface area (Å²) in [4.78, 5) is 22.7. The molecule has 0 bridgehead atoms. The summed E-state index contributed by atoms with van der Waals surface area (Å²) in [7, 11) is 0. The molecule has 26 heavy (non-hydrogen) atoms. The van der Waals surface area contributed by atoms with Crippen molar-refractivity contribution >= 4 is 39.7 Å². The number of hydrogen-bond donors (Lipinski definition) is 1. The smallest absolute Gasteiger partial charge is 0.251 e. The van der Waals surface area contributed by atoms with Crippen molar-refractivity contribution in [3.8, 4) is 9.88 Å². The summed E-state index contributed by atoms with van der Waals surface area (Å²) in [5, 5.41) is 7.93. The number of benzene rings is 1. The molecule has 7 heteroatoms. The number of aromatic nitrogens is 2. The molecule has 1 saturated carbocycles. The SMILES string of the molecule is O=C(NCc1csc(-c2cccs2)n1)c1ccc2nc(C3CC3)oc2c1. The van der Waals surface area contributed by atoms with E-state index >= 15 is 0 Å². The van der Waals surface area contributed by atoms with E-state index < -0.39 is 0 Å². The van der Waals surface area contributed by atoms with Crippen molar-refractivity contribution < 1.29 is 9.21 Å². The first-order valence-corrected chi connectivity index (χ1v) is 10.2. The first kappa shape index (κ1) is 15.7. The Morgan fingerprint density at radius 2 is 2.15 bits per heavy atom. The number of rotatable bonds is 5. The summed E-state index contributed by atoms with van der Waals surface area (Å²) in [6.45, 7) is 0.405. The normalized spacial score (nSPS) is 14.0. The zero-order chi connectivity index (χ0) is 17.5. The molecule has 0 unspecified atom stereocenters. The lowest BCUT2D eigenvalue weighted by Crippen LogP contribution is -2.22. The van der Waals surface area contributed by atoms with Crippen LogP contribution < -0.4 is 5.32 Å². The number of thiazole rings is 1. The Balaban J connectivity index is 1.28. The van der Waals surface area contributed by atoms with Crippen LogP contribution in [0.25, 0.3) is 21.0 Å². The largest absolute Gasteiger partial charge is 0.440 e. The van der Waals surface area contributed by atoms with Gasteiger partial charge in [0.2, 0.25) is 0 Å². The molecule has 1 amide bonds. The summed E-state index contributed by atoms with van der Waals surface area (Å²) >= 11 is 3.26. The number of nitrogens with one attached hydrogen (secondary N) is 1. The highest BCUT2D eigenvalue weighted by atomic mass is 32.1. The molecule has 3 aromatic heterocycles. The number of fused-ring (bicyclic) bond motifs is 1. The molecule has 0 spiro atoms. The van der Waals surface area contributed by atoms with Crippen LogP contribution in [0.5, 0.6) is 0 Å². The van der Waals surface area contributed by atoms with Crippen molar-refractivity contribution in [2.75, 3.05) is 0 Å². The third kappa shape index (κ3) is 3.04. The molecule has 0 saturated heterocycles. The van der Waals surface area contributed by atoms with E-state index in [1.54, 1.807) is 34.8 Å². The van der Waals surface area contributed by atoms with E-state index in [4.69, 9.17) is 4.42 Å². The number of oxazole rings is 1. The minimum atomic E-state index is -0.137. The quantitative estimate of drug-likeness (QED) is 0.538. The molecule has 1 aliphatic rings. The van der Waals surface area contributed by atoms with Gasteiger partial charge in [-0.2, -0.15) is 0 Å². The molecule has 130 valence electrons. The van der Waals surface area contributed by atoms with Crippen molar-refractivity contribution in [3.05, 3.63) is 58.2 Å². The third-order valence-corrected chi connectivity index (χ3v) is 6.24. The van der Waals surface area contributed by atoms with Crippen molar-refractivity contribution in [2.24, 2.45) is 0 Å². The van der Waals surface area contributed by atoms with Crippen LogP contribution in [-0.4, -0.2) is 15.9 Å². The van der Waals surface area contributed by atoms with E-state index in [2.05, 4.69) is 15.3 Å². The highest BCUT2D eigenvalue weighted by Crippen LogP contribution is 2.40. The summed E-state index contributed by atoms with van der Waals surface area (Å²) in [6, 6.07) is 9.46. The lowest BCUT2D eigenvalue weighted by molar-refractivity contribution is 0.0950. The lowest BCUT2D eigenvalue weighted by atomic mass is 10.2. The number of carbonyl (C=O) groups excluding carboxylic acids is 1. The minimum Gasteiger partial charge on any atom is -0.440 e. The molecule has 5 rings (SSSR count). The molecular formula is C19H15N3O2S2. The van der Waals surface area contributed by atoms with Gasteiger partial charge in [-0.05, 0) is 42.5 Å². The topological polar surface area (TPSA) is 68.0 Å². The lowest BCUT2D eigenvalue weighted by Gasteiger charge is -2.03. The van der Waals surface area contributed by atoms with Crippen LogP contribution in [0.15, 0.2) is 45.5 Å². The Kier molecular flexibility index (Phi) is 3.83. The molecule has 1 aliphatic carbocycles. The van der Waals surface area contributed by atoms with E-state index in [1.165, 1.54) is 0 Å². The van der Waals surface area contributed by atoms with E-state index in [9.17, 15) is 4.79 Å². The van der Waals surface area contributed by atoms with Gasteiger partial charge < -0.3 is 9.73 Å². The summed E-state index contributed by atoms with van der Waals surface area (Å²) < 4.78 is 5.79. The Morgan fingerprint density at radius 3 is 2.96 bits per heavy atom. The van der Waals surface area contributed by atoms with Gasteiger partial charge in [0.05, 0.1) is 17.1 Å². The van der Waals surface area contributed by atoms with E-state index in [0.717, 1.165) is 39.8 Å². The predicted molar refractivity (Wildman–Crippen MR) is 103 cm³/mol. The van der Waals surface area contributed by atoms with Crippen LogP contribution in [-0.2, 0) is 6.54 Å². The number of amides is 1. The van der Waals surface area contributed by atoms with Crippen LogP contribution in [0.3, 0.4) is 0 Å². The standard InChI is InChI=1S/C19H15N3O2S2/c23-17(20-9-13-10-26-19(21-13)16-2-1-7-25-16)12-5-6-14-15(8-12)24-18(22-14)11-3-4-11/h1-2,5-8,10-11H,3-4,9H2,(H,20,23). The van der Waals surface area contributed by atoms with Gasteiger partial charge in [-0.15, -0.1) is 22.7 Å². The Hall–Kier alpha value is -2.51. The predicted octanol–water partition coefficient (Wildman–Crippen LogP) is 4.82. The Morgan fingerprint density at radius 1 is 1.23 bits per heavy atom. The fourth-order valence-electron chi connectivity index (χ4n) is 2.76. The second-order valence-corrected chi connectivity index (χ2v) is 8.12. The molecule has 0 atom stereocenters. The second kappa shape index (κ2) is 6.34. The van der Waals surface area contributed by atoms with Crippen molar-refractivity contribution in [1.29, 1.82) is 0 Å². The van der Waals surface area contributed by atoms with Gasteiger partial charge in [-0.3, -0.25) is 4.79 Å². The molecule has 4 aromatic rings. The van der Waals surface area contributed by atoms with Crippen LogP contribution in [0.2, 0.25) is 0 Å². The number of hydrogen-bond acceptors (Lipinski definition) is 6. The summed E-state index contributed by atoms with van der Waals surface area (Å²) in [5.41, 5.74) is 2.92. The van der Waals surface area contributed by atoms with Gasteiger partial charge in [0, 0.05) is 16.9 Å². The molecule has 0 aliphatic heterocycles. The van der Waals surface area contributed by atoms with Crippen LogP contribution in [0, 0.1) is 0 Å². The van der Waals surface area contributed by atoms with Crippen molar-refractivity contribution in [1.82, 2.24) is 15.3 Å². The zero-order valence-corrected chi connectivity index (χ0v) is 15.4. The summed E-state index contributed by atoms with van der Waals surface area (Å²) in [6.07, 6.45) is 2.28. The van der Waals surface area contributed by atoms with Gasteiger partial charge in [-0.25, -0.2) is 9.97 Å². The maximum atomic E-state index is 12.5. The molecular weight excluding hydrogens is 366 g/mol. The first-order chi connectivity index (χ1) is 12.8. The minimum absolute atomic E-state index is 0.137. The number of thiophene rings is 1. The molecule has 5 nitrogen and oxygen atoms in total. The highest BCUT2D eigenvalue weighted by Gasteiger charge is 2.29. The highest BCUT2D eigenvalue weighted by molar-refractivity contribution is 7.20. The van der Waals surface area contributed by atoms with Gasteiger partial charge in [0.15, 0.2) is 11.5 Å². The molecule has 0 radical (unpaired) electrons. The third-order valence-electron chi connectivity index (χ3n) is 4.31. The monoisotopic (exact) mass is 381 g/mol. The average molecular weight is 381 g/mol. The molecule has 3 heterocycles. The number of carbonyl (C=O) groups is 1. The van der Waals surface area contributed by atoms with E-state index in [-0.39, 0.29) is 5.91 Å². The molecule has 1 N–H and O–H groups in total. The first-order valence-electron chi connectivity index (χ1n) is 8.43. The maximum absolute atomic E-state index is 12.5. The maximum Gasteiger partial charge on any atom is 0.251 e. The molecule has 1 aromatic carbocycles. The fraction of sp³-hybridized carbons (Fsp3) is 0.211. The summed E-state index contributed by atoms with van der Waals surface area (Å²) in [5.74, 6) is 1.12. The van der Waals surface area contributed by atoms with Crippen molar-refractivity contribution in [3.63, 3.8) is 0 Å².